The lowest BCUT2D eigenvalue weighted by Crippen LogP contribution is -2.04. The van der Waals surface area contributed by atoms with Gasteiger partial charge in [-0.05, 0) is 17.7 Å². The van der Waals surface area contributed by atoms with Crippen molar-refractivity contribution in [3.05, 3.63) is 65.7 Å². The number of methoxy groups -OCH3 is 2. The Hall–Kier alpha value is -2.75. The summed E-state index contributed by atoms with van der Waals surface area (Å²) >= 11 is 0. The molecule has 2 aromatic carbocycles. The molecule has 0 atom stereocenters. The lowest BCUT2D eigenvalue weighted by molar-refractivity contribution is -0.137. The van der Waals surface area contributed by atoms with Crippen LogP contribution >= 0.6 is 0 Å². The molecule has 120 valence electrons. The van der Waals surface area contributed by atoms with E-state index >= 15 is 0 Å². The van der Waals surface area contributed by atoms with Crippen molar-refractivity contribution in [2.24, 2.45) is 0 Å². The molecule has 0 spiro atoms. The fraction of sp³-hybridized carbons (Fsp3) is 0.211. The van der Waals surface area contributed by atoms with Crippen LogP contribution in [0.3, 0.4) is 0 Å². The quantitative estimate of drug-likeness (QED) is 0.580. The Bertz CT molecular complexity index is 662. The zero-order valence-electron chi connectivity index (χ0n) is 13.3. The van der Waals surface area contributed by atoms with E-state index in [4.69, 9.17) is 14.2 Å². The first-order chi connectivity index (χ1) is 11.2. The minimum Gasteiger partial charge on any atom is -0.493 e. The molecule has 0 aliphatic carbocycles. The zero-order valence-corrected chi connectivity index (χ0v) is 13.3. The van der Waals surface area contributed by atoms with Gasteiger partial charge in [-0.3, -0.25) is 0 Å². The highest BCUT2D eigenvalue weighted by molar-refractivity contribution is 5.87. The lowest BCUT2D eigenvalue weighted by Gasteiger charge is -2.09. The summed E-state index contributed by atoms with van der Waals surface area (Å²) in [7, 11) is 3.14. The summed E-state index contributed by atoms with van der Waals surface area (Å²) in [6, 6.07) is 15.4. The third-order valence-corrected chi connectivity index (χ3v) is 3.31. The highest BCUT2D eigenvalue weighted by Gasteiger charge is 2.07. The van der Waals surface area contributed by atoms with Crippen LogP contribution in [0.2, 0.25) is 0 Å². The van der Waals surface area contributed by atoms with Crippen LogP contribution < -0.4 is 9.47 Å². The number of para-hydroxylation sites is 1. The largest absolute Gasteiger partial charge is 0.493 e. The van der Waals surface area contributed by atoms with E-state index in [-0.39, 0.29) is 5.97 Å². The molecule has 2 aromatic rings. The standard InChI is InChI=1S/C19H20O4/c1-21-17-10-6-9-16(19(17)22-2)11-12-18(20)23-14-13-15-7-4-3-5-8-15/h3-12H,13-14H2,1-2H3/b12-11+. The molecule has 0 aromatic heterocycles. The van der Waals surface area contributed by atoms with E-state index < -0.39 is 0 Å². The molecule has 0 bridgehead atoms. The van der Waals surface area contributed by atoms with Crippen LogP contribution in [0.1, 0.15) is 11.1 Å². The summed E-state index contributed by atoms with van der Waals surface area (Å²) in [6.45, 7) is 0.350. The van der Waals surface area contributed by atoms with Crippen LogP contribution in [0.5, 0.6) is 11.5 Å². The van der Waals surface area contributed by atoms with Crippen molar-refractivity contribution in [1.82, 2.24) is 0 Å². The van der Waals surface area contributed by atoms with Gasteiger partial charge >= 0.3 is 5.97 Å². The number of hydrogen-bond acceptors (Lipinski definition) is 4. The number of carbonyl (C=O) groups is 1. The van der Waals surface area contributed by atoms with E-state index in [0.717, 1.165) is 11.1 Å². The first kappa shape index (κ1) is 16.6. The number of ether oxygens (including phenoxy) is 3. The Morgan fingerprint density at radius 1 is 1.00 bits per heavy atom. The predicted molar refractivity (Wildman–Crippen MR) is 89.7 cm³/mol. The van der Waals surface area contributed by atoms with Crippen molar-refractivity contribution in [2.45, 2.75) is 6.42 Å². The van der Waals surface area contributed by atoms with Gasteiger partial charge in [0.2, 0.25) is 0 Å². The van der Waals surface area contributed by atoms with Gasteiger partial charge in [0.05, 0.1) is 20.8 Å². The molecule has 0 radical (unpaired) electrons. The van der Waals surface area contributed by atoms with Crippen LogP contribution in [0.25, 0.3) is 6.08 Å². The van der Waals surface area contributed by atoms with E-state index in [1.165, 1.54) is 6.08 Å². The van der Waals surface area contributed by atoms with E-state index in [1.54, 1.807) is 26.4 Å². The van der Waals surface area contributed by atoms with Gasteiger partial charge in [0, 0.05) is 18.1 Å². The van der Waals surface area contributed by atoms with Crippen molar-refractivity contribution in [3.63, 3.8) is 0 Å². The highest BCUT2D eigenvalue weighted by atomic mass is 16.5. The van der Waals surface area contributed by atoms with Crippen LogP contribution in [0.15, 0.2) is 54.6 Å². The van der Waals surface area contributed by atoms with Crippen molar-refractivity contribution >= 4 is 12.0 Å². The molecular formula is C19H20O4. The second-order valence-corrected chi connectivity index (χ2v) is 4.82. The molecule has 0 saturated carbocycles. The van der Waals surface area contributed by atoms with E-state index in [1.807, 2.05) is 42.5 Å². The van der Waals surface area contributed by atoms with Crippen molar-refractivity contribution in [2.75, 3.05) is 20.8 Å². The minimum atomic E-state index is -0.384. The Labute approximate surface area is 136 Å². The molecule has 2 rings (SSSR count). The maximum Gasteiger partial charge on any atom is 0.330 e. The van der Waals surface area contributed by atoms with Crippen LogP contribution in [0, 0.1) is 0 Å². The summed E-state index contributed by atoms with van der Waals surface area (Å²) in [5.74, 6) is 0.821. The molecule has 0 amide bonds. The molecule has 0 fully saturated rings. The van der Waals surface area contributed by atoms with Crippen molar-refractivity contribution in [3.8, 4) is 11.5 Å². The van der Waals surface area contributed by atoms with Gasteiger partial charge in [0.1, 0.15) is 0 Å². The van der Waals surface area contributed by atoms with Crippen molar-refractivity contribution < 1.29 is 19.0 Å². The molecule has 23 heavy (non-hydrogen) atoms. The third-order valence-electron chi connectivity index (χ3n) is 3.31. The Morgan fingerprint density at radius 3 is 2.48 bits per heavy atom. The van der Waals surface area contributed by atoms with E-state index in [2.05, 4.69) is 0 Å². The molecule has 0 N–H and O–H groups in total. The molecular weight excluding hydrogens is 292 g/mol. The minimum absolute atomic E-state index is 0.350. The Balaban J connectivity index is 1.91. The van der Waals surface area contributed by atoms with Crippen LogP contribution in [0.4, 0.5) is 0 Å². The molecule has 0 saturated heterocycles. The van der Waals surface area contributed by atoms with Gasteiger partial charge in [0.25, 0.3) is 0 Å². The first-order valence-corrected chi connectivity index (χ1v) is 7.34. The van der Waals surface area contributed by atoms with Gasteiger partial charge < -0.3 is 14.2 Å². The summed E-state index contributed by atoms with van der Waals surface area (Å²) in [6.07, 6.45) is 3.75. The number of hydrogen-bond donors (Lipinski definition) is 0. The van der Waals surface area contributed by atoms with Gasteiger partial charge in [-0.2, -0.15) is 0 Å². The second-order valence-electron chi connectivity index (χ2n) is 4.82. The normalized spacial score (nSPS) is 10.5. The topological polar surface area (TPSA) is 44.8 Å². The Morgan fingerprint density at radius 2 is 1.78 bits per heavy atom. The Kier molecular flexibility index (Phi) is 6.24. The van der Waals surface area contributed by atoms with Gasteiger partial charge in [-0.25, -0.2) is 4.79 Å². The molecule has 0 unspecified atom stereocenters. The van der Waals surface area contributed by atoms with Crippen LogP contribution in [-0.2, 0) is 16.0 Å². The fourth-order valence-corrected chi connectivity index (χ4v) is 2.16. The molecule has 4 nitrogen and oxygen atoms in total. The fourth-order valence-electron chi connectivity index (χ4n) is 2.16. The number of esters is 1. The van der Waals surface area contributed by atoms with E-state index in [9.17, 15) is 4.79 Å². The highest BCUT2D eigenvalue weighted by Crippen LogP contribution is 2.31. The number of benzene rings is 2. The average molecular weight is 312 g/mol. The SMILES string of the molecule is COc1cccc(/C=C/C(=O)OCCc2ccccc2)c1OC. The van der Waals surface area contributed by atoms with E-state index in [0.29, 0.717) is 24.5 Å². The predicted octanol–water partition coefficient (Wildman–Crippen LogP) is 3.50. The van der Waals surface area contributed by atoms with Gasteiger partial charge in [-0.15, -0.1) is 0 Å². The summed E-state index contributed by atoms with van der Waals surface area (Å²) in [4.78, 5) is 11.8. The molecule has 0 aliphatic heterocycles. The first-order valence-electron chi connectivity index (χ1n) is 7.34. The number of carbonyl (C=O) groups excluding carboxylic acids is 1. The lowest BCUT2D eigenvalue weighted by atomic mass is 10.1. The van der Waals surface area contributed by atoms with Gasteiger partial charge in [-0.1, -0.05) is 42.5 Å². The monoisotopic (exact) mass is 312 g/mol. The molecule has 4 heteroatoms. The summed E-state index contributed by atoms with van der Waals surface area (Å²) in [5.41, 5.74) is 1.89. The molecule has 0 heterocycles. The zero-order chi connectivity index (χ0) is 16.5. The summed E-state index contributed by atoms with van der Waals surface area (Å²) in [5, 5.41) is 0. The number of rotatable bonds is 7. The van der Waals surface area contributed by atoms with Gasteiger partial charge in [0.15, 0.2) is 11.5 Å². The van der Waals surface area contributed by atoms with Crippen LogP contribution in [-0.4, -0.2) is 26.8 Å². The molecule has 0 aliphatic rings. The summed E-state index contributed by atoms with van der Waals surface area (Å²) < 4.78 is 15.7. The smallest absolute Gasteiger partial charge is 0.330 e. The third kappa shape index (κ3) is 4.88. The second kappa shape index (κ2) is 8.63. The maximum absolute atomic E-state index is 11.8. The van der Waals surface area contributed by atoms with Crippen molar-refractivity contribution in [1.29, 1.82) is 0 Å². The average Bonchev–Trinajstić information content (AvgIpc) is 2.60. The maximum atomic E-state index is 11.8.